The van der Waals surface area contributed by atoms with Gasteiger partial charge < -0.3 is 4.90 Å². The van der Waals surface area contributed by atoms with Gasteiger partial charge in [0.05, 0.1) is 8.07 Å². The van der Waals surface area contributed by atoms with Gasteiger partial charge in [-0.05, 0) is 42.4 Å². The van der Waals surface area contributed by atoms with Gasteiger partial charge in [0.1, 0.15) is 0 Å². The van der Waals surface area contributed by atoms with Crippen LogP contribution in [0.5, 0.6) is 0 Å². The van der Waals surface area contributed by atoms with Gasteiger partial charge in [0.15, 0.2) is 0 Å². The molecule has 0 bridgehead atoms. The second kappa shape index (κ2) is 5.87. The number of hydrogen-bond donors (Lipinski definition) is 0. The SMILES string of the molecule is C[Si](C)(C)/C(=C1\CC[C@H]2[C@@H]3CCCC[C@@H]3C(=O)N12)c1ccccc1. The molecule has 1 aromatic rings. The molecular weight excluding hydrogens is 310 g/mol. The largest absolute Gasteiger partial charge is 0.313 e. The molecule has 3 aliphatic rings. The first-order valence-electron chi connectivity index (χ1n) is 9.60. The lowest BCUT2D eigenvalue weighted by Crippen LogP contribution is -2.33. The summed E-state index contributed by atoms with van der Waals surface area (Å²) in [4.78, 5) is 15.5. The summed E-state index contributed by atoms with van der Waals surface area (Å²) >= 11 is 0. The zero-order chi connectivity index (χ0) is 16.9. The zero-order valence-electron chi connectivity index (χ0n) is 15.2. The van der Waals surface area contributed by atoms with Crippen LogP contribution in [0.3, 0.4) is 0 Å². The van der Waals surface area contributed by atoms with Crippen LogP contribution in [0, 0.1) is 11.8 Å². The van der Waals surface area contributed by atoms with Crippen LogP contribution in [0.4, 0.5) is 0 Å². The van der Waals surface area contributed by atoms with Gasteiger partial charge >= 0.3 is 0 Å². The van der Waals surface area contributed by atoms with Gasteiger partial charge in [0.25, 0.3) is 0 Å². The number of fused-ring (bicyclic) bond motifs is 3. The van der Waals surface area contributed by atoms with Gasteiger partial charge in [0.2, 0.25) is 5.91 Å². The van der Waals surface area contributed by atoms with E-state index in [9.17, 15) is 4.79 Å². The average Bonchev–Trinajstić information content (AvgIpc) is 3.09. The van der Waals surface area contributed by atoms with E-state index in [4.69, 9.17) is 0 Å². The maximum atomic E-state index is 13.2. The number of allylic oxidation sites excluding steroid dienone is 1. The van der Waals surface area contributed by atoms with E-state index in [2.05, 4.69) is 54.9 Å². The summed E-state index contributed by atoms with van der Waals surface area (Å²) in [5.74, 6) is 1.39. The molecule has 1 amide bonds. The number of nitrogens with zero attached hydrogens (tertiary/aromatic N) is 1. The van der Waals surface area contributed by atoms with Crippen molar-refractivity contribution in [3.63, 3.8) is 0 Å². The Morgan fingerprint density at radius 1 is 1.04 bits per heavy atom. The van der Waals surface area contributed by atoms with Crippen LogP contribution in [0.1, 0.15) is 44.1 Å². The molecule has 3 heteroatoms. The standard InChI is InChI=1S/C21H29NOSi/c1-24(2,3)20(15-9-5-4-6-10-15)19-14-13-18-16-11-7-8-12-17(16)21(23)22(18)19/h4-6,9-10,16-18H,7-8,11-14H2,1-3H3/b20-19+/t16-,17+,18+/m1/s1. The van der Waals surface area contributed by atoms with Crippen molar-refractivity contribution in [2.45, 2.75) is 64.2 Å². The van der Waals surface area contributed by atoms with Crippen molar-refractivity contribution in [2.75, 3.05) is 0 Å². The van der Waals surface area contributed by atoms with E-state index in [1.54, 1.807) is 0 Å². The number of rotatable bonds is 2. The lowest BCUT2D eigenvalue weighted by atomic mass is 9.77. The molecule has 0 radical (unpaired) electrons. The Morgan fingerprint density at radius 2 is 1.75 bits per heavy atom. The minimum absolute atomic E-state index is 0.317. The molecule has 2 heterocycles. The molecule has 0 spiro atoms. The number of carbonyl (C=O) groups is 1. The van der Waals surface area contributed by atoms with Crippen LogP contribution in [-0.4, -0.2) is 24.9 Å². The molecule has 0 aromatic heterocycles. The Bertz CT molecular complexity index is 673. The van der Waals surface area contributed by atoms with Gasteiger partial charge in [-0.25, -0.2) is 0 Å². The summed E-state index contributed by atoms with van der Waals surface area (Å²) in [5, 5.41) is 1.51. The van der Waals surface area contributed by atoms with Gasteiger partial charge in [-0.1, -0.05) is 62.8 Å². The van der Waals surface area contributed by atoms with Gasteiger partial charge in [-0.3, -0.25) is 4.79 Å². The predicted octanol–water partition coefficient (Wildman–Crippen LogP) is 5.09. The molecule has 24 heavy (non-hydrogen) atoms. The second-order valence-electron chi connectivity index (χ2n) is 8.81. The summed E-state index contributed by atoms with van der Waals surface area (Å²) in [6.07, 6.45) is 7.22. The highest BCUT2D eigenvalue weighted by Gasteiger charge is 2.52. The number of amides is 1. The Hall–Kier alpha value is -1.35. The van der Waals surface area contributed by atoms with E-state index >= 15 is 0 Å². The van der Waals surface area contributed by atoms with E-state index in [0.717, 1.165) is 12.8 Å². The Kier molecular flexibility index (Phi) is 3.95. The van der Waals surface area contributed by atoms with Gasteiger partial charge in [-0.2, -0.15) is 0 Å². The molecule has 2 saturated heterocycles. The summed E-state index contributed by atoms with van der Waals surface area (Å²) in [7, 11) is -1.55. The van der Waals surface area contributed by atoms with E-state index in [0.29, 0.717) is 23.8 Å². The van der Waals surface area contributed by atoms with Crippen molar-refractivity contribution < 1.29 is 4.79 Å². The van der Waals surface area contributed by atoms with E-state index in [-0.39, 0.29) is 0 Å². The van der Waals surface area contributed by atoms with Crippen molar-refractivity contribution >= 4 is 19.2 Å². The first-order chi connectivity index (χ1) is 11.5. The third-order valence-corrected chi connectivity index (χ3v) is 8.35. The summed E-state index contributed by atoms with van der Waals surface area (Å²) in [6, 6.07) is 11.3. The van der Waals surface area contributed by atoms with Crippen molar-refractivity contribution in [3.05, 3.63) is 41.6 Å². The monoisotopic (exact) mass is 339 g/mol. The van der Waals surface area contributed by atoms with Crippen molar-refractivity contribution in [1.29, 1.82) is 0 Å². The highest BCUT2D eigenvalue weighted by molar-refractivity contribution is 6.93. The molecule has 3 atom stereocenters. The Labute approximate surface area is 147 Å². The maximum Gasteiger partial charge on any atom is 0.230 e. The predicted molar refractivity (Wildman–Crippen MR) is 102 cm³/mol. The minimum Gasteiger partial charge on any atom is -0.313 e. The summed E-state index contributed by atoms with van der Waals surface area (Å²) in [5.41, 5.74) is 2.72. The fourth-order valence-electron chi connectivity index (χ4n) is 5.42. The van der Waals surface area contributed by atoms with Crippen molar-refractivity contribution in [1.82, 2.24) is 4.90 Å². The molecule has 1 aromatic carbocycles. The van der Waals surface area contributed by atoms with Crippen LogP contribution in [0.15, 0.2) is 36.0 Å². The van der Waals surface area contributed by atoms with Crippen molar-refractivity contribution in [2.24, 2.45) is 11.8 Å². The molecule has 0 unspecified atom stereocenters. The summed E-state index contributed by atoms with van der Waals surface area (Å²) in [6.45, 7) is 7.26. The first-order valence-corrected chi connectivity index (χ1v) is 13.1. The molecule has 3 fully saturated rings. The molecule has 2 aliphatic heterocycles. The second-order valence-corrected chi connectivity index (χ2v) is 13.8. The highest BCUT2D eigenvalue weighted by Crippen LogP contribution is 2.50. The third-order valence-electron chi connectivity index (χ3n) is 6.27. The fourth-order valence-corrected chi connectivity index (χ4v) is 7.57. The number of benzene rings is 1. The van der Waals surface area contributed by atoms with Crippen LogP contribution in [-0.2, 0) is 4.79 Å². The lowest BCUT2D eigenvalue weighted by molar-refractivity contribution is -0.130. The van der Waals surface area contributed by atoms with Crippen LogP contribution >= 0.6 is 0 Å². The van der Waals surface area contributed by atoms with E-state index in [1.807, 2.05) is 0 Å². The Morgan fingerprint density at radius 3 is 2.46 bits per heavy atom. The lowest BCUT2D eigenvalue weighted by Gasteiger charge is -2.29. The topological polar surface area (TPSA) is 20.3 Å². The normalized spacial score (nSPS) is 31.9. The smallest absolute Gasteiger partial charge is 0.230 e. The van der Waals surface area contributed by atoms with Crippen molar-refractivity contribution in [3.8, 4) is 0 Å². The van der Waals surface area contributed by atoms with Crippen LogP contribution in [0.2, 0.25) is 19.6 Å². The molecular formula is C21H29NOSi. The third kappa shape index (κ3) is 2.48. The van der Waals surface area contributed by atoms with E-state index in [1.165, 1.54) is 42.1 Å². The zero-order valence-corrected chi connectivity index (χ0v) is 16.2. The number of hydrogen-bond acceptors (Lipinski definition) is 1. The average molecular weight is 340 g/mol. The van der Waals surface area contributed by atoms with Gasteiger partial charge in [-0.15, -0.1) is 0 Å². The Balaban J connectivity index is 1.82. The number of carbonyl (C=O) groups excluding carboxylic acids is 1. The van der Waals surface area contributed by atoms with E-state index < -0.39 is 8.07 Å². The molecule has 2 nitrogen and oxygen atoms in total. The molecule has 1 saturated carbocycles. The minimum atomic E-state index is -1.55. The fraction of sp³-hybridized carbons (Fsp3) is 0.571. The van der Waals surface area contributed by atoms with Gasteiger partial charge in [0, 0.05) is 17.7 Å². The molecule has 128 valence electrons. The summed E-state index contributed by atoms with van der Waals surface area (Å²) < 4.78 is 0. The molecule has 1 aliphatic carbocycles. The maximum absolute atomic E-state index is 13.2. The van der Waals surface area contributed by atoms with Crippen LogP contribution < -0.4 is 0 Å². The molecule has 4 rings (SSSR count). The quantitative estimate of drug-likeness (QED) is 0.688. The first kappa shape index (κ1) is 16.1. The molecule has 0 N–H and O–H groups in total. The highest BCUT2D eigenvalue weighted by atomic mass is 28.3. The van der Waals surface area contributed by atoms with Crippen LogP contribution in [0.25, 0.3) is 5.20 Å².